The number of nitrogens with zero attached hydrogens (tertiary/aromatic N) is 1. The molecule has 1 aliphatic rings. The molecule has 1 heterocycles. The molecule has 0 saturated heterocycles. The summed E-state index contributed by atoms with van der Waals surface area (Å²) in [6.45, 7) is 1.97. The van der Waals surface area contributed by atoms with E-state index in [0.717, 1.165) is 18.4 Å². The molecule has 1 aromatic heterocycles. The van der Waals surface area contributed by atoms with E-state index in [1.165, 1.54) is 12.8 Å². The Bertz CT molecular complexity index is 355. The fourth-order valence-corrected chi connectivity index (χ4v) is 1.95. The van der Waals surface area contributed by atoms with E-state index < -0.39 is 0 Å². The van der Waals surface area contributed by atoms with Gasteiger partial charge in [-0.15, -0.1) is 0 Å². The van der Waals surface area contributed by atoms with Crippen molar-refractivity contribution in [1.82, 2.24) is 10.3 Å². The number of nitrogens with one attached hydrogen (secondary N) is 2. The van der Waals surface area contributed by atoms with E-state index in [1.54, 1.807) is 6.20 Å². The lowest BCUT2D eigenvalue weighted by atomic mass is 10.2. The van der Waals surface area contributed by atoms with Gasteiger partial charge in [0.15, 0.2) is 0 Å². The lowest BCUT2D eigenvalue weighted by Crippen LogP contribution is -2.36. The van der Waals surface area contributed by atoms with E-state index in [-0.39, 0.29) is 6.03 Å². The van der Waals surface area contributed by atoms with E-state index in [9.17, 15) is 4.79 Å². The number of amides is 2. The number of carbonyl (C=O) groups excluding carboxylic acids is 1. The van der Waals surface area contributed by atoms with Gasteiger partial charge in [0.25, 0.3) is 0 Å². The molecule has 0 aromatic carbocycles. The largest absolute Gasteiger partial charge is 0.335 e. The van der Waals surface area contributed by atoms with Crippen molar-refractivity contribution < 1.29 is 4.79 Å². The summed E-state index contributed by atoms with van der Waals surface area (Å²) in [6.07, 6.45) is 6.36. The van der Waals surface area contributed by atoms with Gasteiger partial charge < -0.3 is 5.32 Å². The Kier molecular flexibility index (Phi) is 3.39. The Labute approximate surface area is 95.5 Å². The van der Waals surface area contributed by atoms with Gasteiger partial charge in [-0.3, -0.25) is 5.32 Å². The second-order valence-electron chi connectivity index (χ2n) is 4.30. The molecule has 0 bridgehead atoms. The summed E-state index contributed by atoms with van der Waals surface area (Å²) in [5.74, 6) is 0.598. The molecule has 2 amide bonds. The van der Waals surface area contributed by atoms with Gasteiger partial charge in [-0.1, -0.05) is 18.9 Å². The lowest BCUT2D eigenvalue weighted by Gasteiger charge is -2.12. The third-order valence-electron chi connectivity index (χ3n) is 2.84. The van der Waals surface area contributed by atoms with Crippen LogP contribution in [0.1, 0.15) is 31.2 Å². The first-order chi connectivity index (χ1) is 7.74. The molecule has 0 atom stereocenters. The highest BCUT2D eigenvalue weighted by Crippen LogP contribution is 2.17. The van der Waals surface area contributed by atoms with Crippen LogP contribution < -0.4 is 10.6 Å². The molecule has 0 radical (unpaired) electrons. The summed E-state index contributed by atoms with van der Waals surface area (Å²) in [6, 6.07) is 3.93. The van der Waals surface area contributed by atoms with Crippen LogP contribution in [0.3, 0.4) is 0 Å². The molecule has 2 N–H and O–H groups in total. The molecule has 86 valence electrons. The Morgan fingerprint density at radius 3 is 2.75 bits per heavy atom. The van der Waals surface area contributed by atoms with Gasteiger partial charge in [-0.2, -0.15) is 0 Å². The molecule has 1 aromatic rings. The zero-order valence-electron chi connectivity index (χ0n) is 9.49. The monoisotopic (exact) mass is 219 g/mol. The van der Waals surface area contributed by atoms with E-state index in [4.69, 9.17) is 0 Å². The molecule has 1 fully saturated rings. The second-order valence-corrected chi connectivity index (χ2v) is 4.30. The van der Waals surface area contributed by atoms with Crippen molar-refractivity contribution in [2.24, 2.45) is 0 Å². The van der Waals surface area contributed by atoms with Crippen molar-refractivity contribution in [1.29, 1.82) is 0 Å². The molecule has 4 heteroatoms. The Balaban J connectivity index is 1.84. The third kappa shape index (κ3) is 2.95. The summed E-state index contributed by atoms with van der Waals surface area (Å²) < 4.78 is 0. The number of hydrogen-bond acceptors (Lipinski definition) is 2. The first-order valence-electron chi connectivity index (χ1n) is 5.74. The van der Waals surface area contributed by atoms with Crippen LogP contribution in [-0.4, -0.2) is 17.1 Å². The van der Waals surface area contributed by atoms with E-state index in [0.29, 0.717) is 11.9 Å². The summed E-state index contributed by atoms with van der Waals surface area (Å²) in [5, 5.41) is 5.69. The van der Waals surface area contributed by atoms with Gasteiger partial charge in [-0.05, 0) is 31.4 Å². The fraction of sp³-hybridized carbons (Fsp3) is 0.500. The quantitative estimate of drug-likeness (QED) is 0.802. The van der Waals surface area contributed by atoms with Gasteiger partial charge in [-0.25, -0.2) is 9.78 Å². The number of pyridine rings is 1. The maximum absolute atomic E-state index is 11.6. The van der Waals surface area contributed by atoms with E-state index >= 15 is 0 Å². The average Bonchev–Trinajstić information content (AvgIpc) is 2.74. The van der Waals surface area contributed by atoms with Crippen molar-refractivity contribution in [2.45, 2.75) is 38.6 Å². The second kappa shape index (κ2) is 4.96. The van der Waals surface area contributed by atoms with Crippen molar-refractivity contribution in [3.63, 3.8) is 0 Å². The predicted octanol–water partition coefficient (Wildman–Crippen LogP) is 2.45. The van der Waals surface area contributed by atoms with Crippen molar-refractivity contribution >= 4 is 11.8 Å². The Hall–Kier alpha value is -1.58. The topological polar surface area (TPSA) is 54.0 Å². The maximum atomic E-state index is 11.6. The number of rotatable bonds is 2. The summed E-state index contributed by atoms with van der Waals surface area (Å²) in [7, 11) is 0. The fourth-order valence-electron chi connectivity index (χ4n) is 1.95. The summed E-state index contributed by atoms with van der Waals surface area (Å²) in [5.41, 5.74) is 1.08. The molecule has 0 spiro atoms. The lowest BCUT2D eigenvalue weighted by molar-refractivity contribution is 0.248. The van der Waals surface area contributed by atoms with Crippen molar-refractivity contribution in [3.8, 4) is 0 Å². The standard InChI is InChI=1S/C12H17N3O/c1-9-6-7-11(13-8-9)15-12(16)14-10-4-2-3-5-10/h6-8,10H,2-5H2,1H3,(H2,13,14,15,16). The number of urea groups is 1. The molecule has 1 aliphatic carbocycles. The average molecular weight is 219 g/mol. The zero-order valence-corrected chi connectivity index (χ0v) is 9.49. The number of carbonyl (C=O) groups is 1. The van der Waals surface area contributed by atoms with Gasteiger partial charge in [0.1, 0.15) is 5.82 Å². The van der Waals surface area contributed by atoms with E-state index in [2.05, 4.69) is 15.6 Å². The van der Waals surface area contributed by atoms with Crippen LogP contribution in [0, 0.1) is 6.92 Å². The van der Waals surface area contributed by atoms with Crippen molar-refractivity contribution in [2.75, 3.05) is 5.32 Å². The molecular formula is C12H17N3O. The molecule has 1 saturated carbocycles. The molecule has 4 nitrogen and oxygen atoms in total. The van der Waals surface area contributed by atoms with Crippen LogP contribution in [0.5, 0.6) is 0 Å². The summed E-state index contributed by atoms with van der Waals surface area (Å²) in [4.78, 5) is 15.7. The third-order valence-corrected chi connectivity index (χ3v) is 2.84. The van der Waals surface area contributed by atoms with Crippen LogP contribution >= 0.6 is 0 Å². The number of anilines is 1. The SMILES string of the molecule is Cc1ccc(NC(=O)NC2CCCC2)nc1. The minimum Gasteiger partial charge on any atom is -0.335 e. The smallest absolute Gasteiger partial charge is 0.320 e. The van der Waals surface area contributed by atoms with Gasteiger partial charge >= 0.3 is 6.03 Å². The molecule has 2 rings (SSSR count). The van der Waals surface area contributed by atoms with Gasteiger partial charge in [0, 0.05) is 12.2 Å². The minimum absolute atomic E-state index is 0.150. The van der Waals surface area contributed by atoms with E-state index in [1.807, 2.05) is 19.1 Å². The predicted molar refractivity (Wildman–Crippen MR) is 63.4 cm³/mol. The van der Waals surface area contributed by atoms with Crippen LogP contribution in [-0.2, 0) is 0 Å². The Morgan fingerprint density at radius 2 is 2.12 bits per heavy atom. The minimum atomic E-state index is -0.150. The number of hydrogen-bond donors (Lipinski definition) is 2. The van der Waals surface area contributed by atoms with Crippen LogP contribution in [0.15, 0.2) is 18.3 Å². The number of aromatic nitrogens is 1. The number of aryl methyl sites for hydroxylation is 1. The molecule has 0 unspecified atom stereocenters. The highest BCUT2D eigenvalue weighted by Gasteiger charge is 2.16. The Morgan fingerprint density at radius 1 is 1.38 bits per heavy atom. The highest BCUT2D eigenvalue weighted by atomic mass is 16.2. The summed E-state index contributed by atoms with van der Waals surface area (Å²) >= 11 is 0. The van der Waals surface area contributed by atoms with Gasteiger partial charge in [0.05, 0.1) is 0 Å². The van der Waals surface area contributed by atoms with Crippen LogP contribution in [0.2, 0.25) is 0 Å². The zero-order chi connectivity index (χ0) is 11.4. The maximum Gasteiger partial charge on any atom is 0.320 e. The van der Waals surface area contributed by atoms with Gasteiger partial charge in [0.2, 0.25) is 0 Å². The van der Waals surface area contributed by atoms with Crippen molar-refractivity contribution in [3.05, 3.63) is 23.9 Å². The molecule has 0 aliphatic heterocycles. The van der Waals surface area contributed by atoms with Crippen LogP contribution in [0.25, 0.3) is 0 Å². The first kappa shape index (κ1) is 10.9. The molecule has 16 heavy (non-hydrogen) atoms. The molecular weight excluding hydrogens is 202 g/mol. The van der Waals surface area contributed by atoms with Crippen LogP contribution in [0.4, 0.5) is 10.6 Å². The highest BCUT2D eigenvalue weighted by molar-refractivity contribution is 5.88. The first-order valence-corrected chi connectivity index (χ1v) is 5.74. The normalized spacial score (nSPS) is 16.1.